The maximum Gasteiger partial charge on any atom is 0.408 e. The summed E-state index contributed by atoms with van der Waals surface area (Å²) in [6.07, 6.45) is -2.76. The molecule has 1 fully saturated rings. The number of amides is 1. The number of benzene rings is 3. The molecule has 4 aromatic rings. The summed E-state index contributed by atoms with van der Waals surface area (Å²) < 4.78 is 50.8. The minimum Gasteiger partial charge on any atom is -0.456 e. The molecule has 0 unspecified atom stereocenters. The Balaban J connectivity index is 1.13. The number of alkyl halides is 3. The van der Waals surface area contributed by atoms with Crippen LogP contribution >= 0.6 is 0 Å². The van der Waals surface area contributed by atoms with Gasteiger partial charge in [0.2, 0.25) is 0 Å². The standard InChI is InChI=1S/C34H35F3N4O3/c35-34(36,37)24-38-32(42)44-33(26-11-2-5-14-29(26)43-30-15-6-3-12-27(30)33)18-7-8-19-40-20-9-21-41(23-22-40)31-17-16-25-10-1-4-13-28(25)39-31/h1-6,10-17H,7-9,18-24H2,(H,38,42). The van der Waals surface area contributed by atoms with E-state index in [1.807, 2.05) is 59.9 Å². The monoisotopic (exact) mass is 604 g/mol. The first-order chi connectivity index (χ1) is 21.3. The summed E-state index contributed by atoms with van der Waals surface area (Å²) in [6.45, 7) is 3.05. The number of ether oxygens (including phenoxy) is 2. The van der Waals surface area contributed by atoms with Gasteiger partial charge in [-0.2, -0.15) is 13.2 Å². The number of pyridine rings is 1. The molecule has 0 radical (unpaired) electrons. The smallest absolute Gasteiger partial charge is 0.408 e. The second-order valence-electron chi connectivity index (χ2n) is 11.3. The molecule has 0 atom stereocenters. The van der Waals surface area contributed by atoms with Crippen LogP contribution in [0, 0.1) is 0 Å². The van der Waals surface area contributed by atoms with Crippen molar-refractivity contribution in [1.82, 2.24) is 15.2 Å². The number of rotatable bonds is 8. The summed E-state index contributed by atoms with van der Waals surface area (Å²) >= 11 is 0. The highest BCUT2D eigenvalue weighted by atomic mass is 19.4. The third-order valence-electron chi connectivity index (χ3n) is 8.31. The maximum atomic E-state index is 12.9. The summed E-state index contributed by atoms with van der Waals surface area (Å²) in [4.78, 5) is 22.5. The van der Waals surface area contributed by atoms with Gasteiger partial charge in [0, 0.05) is 36.1 Å². The summed E-state index contributed by atoms with van der Waals surface area (Å²) in [5, 5.41) is 3.01. The Morgan fingerprint density at radius 1 is 0.864 bits per heavy atom. The van der Waals surface area contributed by atoms with Crippen molar-refractivity contribution in [3.63, 3.8) is 0 Å². The lowest BCUT2D eigenvalue weighted by atomic mass is 9.79. The van der Waals surface area contributed by atoms with E-state index in [4.69, 9.17) is 14.5 Å². The molecule has 0 aliphatic carbocycles. The van der Waals surface area contributed by atoms with Crippen LogP contribution in [-0.4, -0.2) is 61.4 Å². The molecular formula is C34H35F3N4O3. The van der Waals surface area contributed by atoms with Gasteiger partial charge in [0.15, 0.2) is 5.60 Å². The Morgan fingerprint density at radius 3 is 2.32 bits per heavy atom. The van der Waals surface area contributed by atoms with Crippen LogP contribution in [0.5, 0.6) is 11.5 Å². The molecule has 7 nitrogen and oxygen atoms in total. The molecule has 6 rings (SSSR count). The SMILES string of the molecule is O=C(NCC(F)(F)F)OC1(CCCCN2CCCN(c3ccc4ccccc4n3)CC2)c2ccccc2Oc2ccccc21. The van der Waals surface area contributed by atoms with Crippen LogP contribution in [0.2, 0.25) is 0 Å². The zero-order valence-corrected chi connectivity index (χ0v) is 24.4. The van der Waals surface area contributed by atoms with Gasteiger partial charge < -0.3 is 24.6 Å². The molecule has 3 heterocycles. The van der Waals surface area contributed by atoms with Crippen LogP contribution in [0.25, 0.3) is 10.9 Å². The molecule has 0 saturated carbocycles. The molecular weight excluding hydrogens is 569 g/mol. The second kappa shape index (κ2) is 12.7. The lowest BCUT2D eigenvalue weighted by molar-refractivity contribution is -0.124. The van der Waals surface area contributed by atoms with E-state index in [0.717, 1.165) is 62.3 Å². The van der Waals surface area contributed by atoms with Gasteiger partial charge in [0.05, 0.1) is 5.52 Å². The average Bonchev–Trinajstić information content (AvgIpc) is 3.27. The van der Waals surface area contributed by atoms with Gasteiger partial charge in [-0.05, 0) is 69.1 Å². The molecule has 2 aliphatic rings. The first-order valence-corrected chi connectivity index (χ1v) is 15.0. The summed E-state index contributed by atoms with van der Waals surface area (Å²) in [5.41, 5.74) is 0.937. The second-order valence-corrected chi connectivity index (χ2v) is 11.3. The topological polar surface area (TPSA) is 66.9 Å². The molecule has 0 bridgehead atoms. The molecule has 1 saturated heterocycles. The minimum absolute atomic E-state index is 0.394. The van der Waals surface area contributed by atoms with Gasteiger partial charge in [-0.1, -0.05) is 54.6 Å². The number of carbonyl (C=O) groups excluding carboxylic acids is 1. The molecule has 1 aromatic heterocycles. The van der Waals surface area contributed by atoms with E-state index in [-0.39, 0.29) is 0 Å². The number of aromatic nitrogens is 1. The van der Waals surface area contributed by atoms with Crippen molar-refractivity contribution in [1.29, 1.82) is 0 Å². The fourth-order valence-electron chi connectivity index (χ4n) is 6.20. The van der Waals surface area contributed by atoms with Crippen LogP contribution in [0.3, 0.4) is 0 Å². The number of fused-ring (bicyclic) bond motifs is 3. The molecule has 3 aromatic carbocycles. The minimum atomic E-state index is -4.55. The van der Waals surface area contributed by atoms with Crippen molar-refractivity contribution in [3.8, 4) is 11.5 Å². The largest absolute Gasteiger partial charge is 0.456 e. The Morgan fingerprint density at radius 2 is 1.57 bits per heavy atom. The third kappa shape index (κ3) is 6.60. The Bertz CT molecular complexity index is 1570. The van der Waals surface area contributed by atoms with Crippen LogP contribution in [0.1, 0.15) is 36.8 Å². The zero-order valence-electron chi connectivity index (χ0n) is 24.4. The molecule has 10 heteroatoms. The highest BCUT2D eigenvalue weighted by Gasteiger charge is 2.45. The third-order valence-corrected chi connectivity index (χ3v) is 8.31. The van der Waals surface area contributed by atoms with Gasteiger partial charge in [0.25, 0.3) is 0 Å². The van der Waals surface area contributed by atoms with Crippen LogP contribution < -0.4 is 15.0 Å². The quantitative estimate of drug-likeness (QED) is 0.214. The fraction of sp³-hybridized carbons (Fsp3) is 0.353. The van der Waals surface area contributed by atoms with E-state index in [2.05, 4.69) is 28.0 Å². The Hall–Kier alpha value is -4.31. The van der Waals surface area contributed by atoms with E-state index < -0.39 is 24.4 Å². The van der Waals surface area contributed by atoms with Gasteiger partial charge in [-0.25, -0.2) is 9.78 Å². The normalized spacial score (nSPS) is 16.4. The molecule has 230 valence electrons. The number of nitrogens with one attached hydrogen (secondary N) is 1. The number of halogens is 3. The van der Waals surface area contributed by atoms with Gasteiger partial charge >= 0.3 is 12.3 Å². The number of anilines is 1. The predicted molar refractivity (Wildman–Crippen MR) is 163 cm³/mol. The van der Waals surface area contributed by atoms with Gasteiger partial charge in [-0.3, -0.25) is 0 Å². The lowest BCUT2D eigenvalue weighted by Gasteiger charge is -2.39. The number of unbranched alkanes of at least 4 members (excludes halogenated alkanes) is 1. The average molecular weight is 605 g/mol. The summed E-state index contributed by atoms with van der Waals surface area (Å²) in [6, 6.07) is 26.8. The zero-order chi connectivity index (χ0) is 30.6. The first kappa shape index (κ1) is 29.7. The van der Waals surface area contributed by atoms with Crippen molar-refractivity contribution in [2.45, 2.75) is 37.5 Å². The van der Waals surface area contributed by atoms with Crippen molar-refractivity contribution < 1.29 is 27.4 Å². The van der Waals surface area contributed by atoms with E-state index >= 15 is 0 Å². The van der Waals surface area contributed by atoms with Crippen molar-refractivity contribution in [2.75, 3.05) is 44.2 Å². The molecule has 1 amide bonds. The van der Waals surface area contributed by atoms with Crippen LogP contribution in [0.4, 0.5) is 23.8 Å². The molecule has 2 aliphatic heterocycles. The lowest BCUT2D eigenvalue weighted by Crippen LogP contribution is -2.42. The number of alkyl carbamates (subject to hydrolysis) is 1. The number of para-hydroxylation sites is 3. The predicted octanol–water partition coefficient (Wildman–Crippen LogP) is 7.26. The molecule has 0 spiro atoms. The molecule has 1 N–H and O–H groups in total. The van der Waals surface area contributed by atoms with E-state index in [0.29, 0.717) is 35.5 Å². The highest BCUT2D eigenvalue weighted by Crippen LogP contribution is 2.51. The van der Waals surface area contributed by atoms with Crippen LogP contribution in [-0.2, 0) is 10.3 Å². The Kier molecular flexibility index (Phi) is 8.61. The summed E-state index contributed by atoms with van der Waals surface area (Å²) in [5.74, 6) is 2.03. The van der Waals surface area contributed by atoms with Crippen molar-refractivity contribution >= 4 is 22.8 Å². The van der Waals surface area contributed by atoms with Gasteiger partial charge in [-0.15, -0.1) is 0 Å². The first-order valence-electron chi connectivity index (χ1n) is 15.0. The van der Waals surface area contributed by atoms with Crippen molar-refractivity contribution in [3.05, 3.63) is 96.1 Å². The Labute approximate surface area is 254 Å². The maximum absolute atomic E-state index is 12.9. The fourth-order valence-corrected chi connectivity index (χ4v) is 6.20. The van der Waals surface area contributed by atoms with Crippen LogP contribution in [0.15, 0.2) is 84.9 Å². The number of hydrogen-bond acceptors (Lipinski definition) is 6. The van der Waals surface area contributed by atoms with E-state index in [1.54, 1.807) is 12.1 Å². The highest BCUT2D eigenvalue weighted by molar-refractivity contribution is 5.80. The number of carbonyl (C=O) groups is 1. The summed E-state index contributed by atoms with van der Waals surface area (Å²) in [7, 11) is 0. The van der Waals surface area contributed by atoms with E-state index in [9.17, 15) is 18.0 Å². The number of hydrogen-bond donors (Lipinski definition) is 1. The van der Waals surface area contributed by atoms with Crippen molar-refractivity contribution in [2.24, 2.45) is 0 Å². The van der Waals surface area contributed by atoms with Gasteiger partial charge in [0.1, 0.15) is 23.9 Å². The molecule has 44 heavy (non-hydrogen) atoms. The van der Waals surface area contributed by atoms with E-state index in [1.165, 1.54) is 0 Å². The number of nitrogens with zero attached hydrogens (tertiary/aromatic N) is 3.